The molecule has 2 aromatic carbocycles. The average Bonchev–Trinajstić information content (AvgIpc) is 3.61. The molecule has 2 amide bonds. The lowest BCUT2D eigenvalue weighted by Gasteiger charge is -2.39. The lowest BCUT2D eigenvalue weighted by Crippen LogP contribution is -2.56. The molecule has 1 aliphatic heterocycles. The predicted octanol–water partition coefficient (Wildman–Crippen LogP) is 4.04. The summed E-state index contributed by atoms with van der Waals surface area (Å²) in [7, 11) is 0. The van der Waals surface area contributed by atoms with Crippen molar-refractivity contribution in [2.24, 2.45) is 16.7 Å². The Morgan fingerprint density at radius 2 is 1.77 bits per heavy atom. The van der Waals surface area contributed by atoms with E-state index in [1.54, 1.807) is 0 Å². The molecule has 2 saturated carbocycles. The molecule has 7 atom stereocenters. The van der Waals surface area contributed by atoms with Gasteiger partial charge in [0.2, 0.25) is 11.8 Å². The SMILES string of the molecule is CC(c1ccccc1)[C@H](NC(=O)[C@H](O)Cc1ccc(O)c(O)c1)C(=O)N1CCC[C@H]1C(=O)OC1CC2CCC1(C)C2(C)C. The Kier molecular flexibility index (Phi) is 8.49. The molecule has 3 aliphatic rings. The average molecular weight is 593 g/mol. The minimum absolute atomic E-state index is 0.0866. The Balaban J connectivity index is 1.32. The first-order chi connectivity index (χ1) is 20.3. The van der Waals surface area contributed by atoms with Crippen LogP contribution in [0.2, 0.25) is 0 Å². The third-order valence-electron chi connectivity index (χ3n) is 10.9. The number of hydrogen-bond donors (Lipinski definition) is 4. The maximum absolute atomic E-state index is 14.2. The van der Waals surface area contributed by atoms with Crippen LogP contribution in [0, 0.1) is 16.7 Å². The van der Waals surface area contributed by atoms with Crippen LogP contribution >= 0.6 is 0 Å². The van der Waals surface area contributed by atoms with Crippen LogP contribution in [0.4, 0.5) is 0 Å². The topological polar surface area (TPSA) is 136 Å². The summed E-state index contributed by atoms with van der Waals surface area (Å²) >= 11 is 0. The molecule has 2 aromatic rings. The summed E-state index contributed by atoms with van der Waals surface area (Å²) in [6.45, 7) is 8.96. The molecule has 0 spiro atoms. The summed E-state index contributed by atoms with van der Waals surface area (Å²) in [6.07, 6.45) is 2.33. The summed E-state index contributed by atoms with van der Waals surface area (Å²) in [6, 6.07) is 11.6. The third kappa shape index (κ3) is 5.71. The molecule has 5 rings (SSSR count). The van der Waals surface area contributed by atoms with Crippen LogP contribution in [0.1, 0.15) is 76.8 Å². The first kappa shape index (κ1) is 30.9. The fourth-order valence-corrected chi connectivity index (χ4v) is 7.59. The molecule has 9 heteroatoms. The van der Waals surface area contributed by atoms with Crippen molar-refractivity contribution < 1.29 is 34.4 Å². The third-order valence-corrected chi connectivity index (χ3v) is 10.9. The number of fused-ring (bicyclic) bond motifs is 2. The van der Waals surface area contributed by atoms with Crippen molar-refractivity contribution in [2.45, 2.75) is 96.4 Å². The Morgan fingerprint density at radius 3 is 2.40 bits per heavy atom. The van der Waals surface area contributed by atoms with E-state index in [1.165, 1.54) is 23.1 Å². The molecule has 0 aromatic heterocycles. The van der Waals surface area contributed by atoms with Crippen LogP contribution in [-0.4, -0.2) is 68.8 Å². The molecule has 1 saturated heterocycles. The van der Waals surface area contributed by atoms with Crippen molar-refractivity contribution in [3.8, 4) is 11.5 Å². The van der Waals surface area contributed by atoms with Gasteiger partial charge in [-0.05, 0) is 66.7 Å². The number of phenols is 2. The highest BCUT2D eigenvalue weighted by Gasteiger charge is 2.63. The number of aliphatic hydroxyl groups is 1. The van der Waals surface area contributed by atoms with Crippen molar-refractivity contribution in [1.29, 1.82) is 0 Å². The largest absolute Gasteiger partial charge is 0.504 e. The van der Waals surface area contributed by atoms with Crippen LogP contribution in [0.5, 0.6) is 11.5 Å². The second-order valence-corrected chi connectivity index (χ2v) is 13.5. The van der Waals surface area contributed by atoms with Crippen LogP contribution in [-0.2, 0) is 25.5 Å². The fourth-order valence-electron chi connectivity index (χ4n) is 7.59. The Morgan fingerprint density at radius 1 is 1.05 bits per heavy atom. The number of carbonyl (C=O) groups is 3. The lowest BCUT2D eigenvalue weighted by atomic mass is 9.70. The fraction of sp³-hybridized carbons (Fsp3) is 0.559. The number of aliphatic hydroxyl groups excluding tert-OH is 1. The smallest absolute Gasteiger partial charge is 0.329 e. The summed E-state index contributed by atoms with van der Waals surface area (Å²) in [5, 5.41) is 32.9. The second-order valence-electron chi connectivity index (χ2n) is 13.5. The molecule has 0 radical (unpaired) electrons. The minimum Gasteiger partial charge on any atom is -0.504 e. The molecule has 9 nitrogen and oxygen atoms in total. The van der Waals surface area contributed by atoms with E-state index in [0.717, 1.165) is 24.8 Å². The highest BCUT2D eigenvalue weighted by Crippen LogP contribution is 2.66. The van der Waals surface area contributed by atoms with Gasteiger partial charge in [-0.1, -0.05) is 64.1 Å². The number of rotatable bonds is 9. The molecular formula is C34H44N2O7. The second kappa shape index (κ2) is 11.8. The molecule has 3 fully saturated rings. The maximum Gasteiger partial charge on any atom is 0.329 e. The molecule has 1 heterocycles. The zero-order valence-electron chi connectivity index (χ0n) is 25.5. The lowest BCUT2D eigenvalue weighted by molar-refractivity contribution is -0.165. The Bertz CT molecular complexity index is 1360. The van der Waals surface area contributed by atoms with E-state index in [0.29, 0.717) is 30.9 Å². The van der Waals surface area contributed by atoms with E-state index in [2.05, 4.69) is 26.1 Å². The molecule has 232 valence electrons. The standard InChI is InChI=1S/C34H44N2O7/c1-20(22-9-6-5-7-10-22)29(35-30(40)27(39)18-21-12-13-25(37)26(38)17-21)31(41)36-16-8-11-24(36)32(42)43-28-19-23-14-15-34(28,4)33(23,2)3/h5-7,9-10,12-13,17,20,23-24,27-29,37-39H,8,11,14-16,18-19H2,1-4H3,(H,35,40)/t20?,23?,24-,27+,28?,29-,34?/m0/s1. The van der Waals surface area contributed by atoms with Crippen LogP contribution in [0.3, 0.4) is 0 Å². The van der Waals surface area contributed by atoms with Gasteiger partial charge in [-0.3, -0.25) is 9.59 Å². The van der Waals surface area contributed by atoms with Gasteiger partial charge in [0.1, 0.15) is 24.3 Å². The molecule has 2 bridgehead atoms. The number of benzene rings is 2. The zero-order valence-corrected chi connectivity index (χ0v) is 25.5. The molecule has 4 N–H and O–H groups in total. The van der Waals surface area contributed by atoms with Crippen molar-refractivity contribution >= 4 is 17.8 Å². The van der Waals surface area contributed by atoms with Crippen molar-refractivity contribution in [3.63, 3.8) is 0 Å². The number of nitrogens with one attached hydrogen (secondary N) is 1. The summed E-state index contributed by atoms with van der Waals surface area (Å²) < 4.78 is 6.18. The zero-order chi connectivity index (χ0) is 31.1. The van der Waals surface area contributed by atoms with E-state index in [9.17, 15) is 29.7 Å². The van der Waals surface area contributed by atoms with Gasteiger partial charge in [0, 0.05) is 24.3 Å². The van der Waals surface area contributed by atoms with Crippen molar-refractivity contribution in [2.75, 3.05) is 6.54 Å². The number of likely N-dealkylation sites (tertiary alicyclic amines) is 1. The summed E-state index contributed by atoms with van der Waals surface area (Å²) in [5.74, 6) is -2.12. The monoisotopic (exact) mass is 592 g/mol. The Labute approximate surface area is 253 Å². The van der Waals surface area contributed by atoms with Gasteiger partial charge in [-0.25, -0.2) is 4.79 Å². The number of carbonyl (C=O) groups excluding carboxylic acids is 3. The van der Waals surface area contributed by atoms with E-state index in [1.807, 2.05) is 37.3 Å². The van der Waals surface area contributed by atoms with Crippen LogP contribution in [0.15, 0.2) is 48.5 Å². The minimum atomic E-state index is -1.51. The summed E-state index contributed by atoms with van der Waals surface area (Å²) in [5.41, 5.74) is 1.26. The number of phenolic OH excluding ortho intramolecular Hbond substituents is 2. The first-order valence-corrected chi connectivity index (χ1v) is 15.4. The van der Waals surface area contributed by atoms with E-state index in [4.69, 9.17) is 4.74 Å². The van der Waals surface area contributed by atoms with E-state index in [-0.39, 0.29) is 40.8 Å². The van der Waals surface area contributed by atoms with Gasteiger partial charge in [0.15, 0.2) is 11.5 Å². The number of nitrogens with zero attached hydrogens (tertiary/aromatic N) is 1. The predicted molar refractivity (Wildman–Crippen MR) is 160 cm³/mol. The van der Waals surface area contributed by atoms with Gasteiger partial charge in [-0.15, -0.1) is 0 Å². The number of hydrogen-bond acceptors (Lipinski definition) is 7. The van der Waals surface area contributed by atoms with Crippen LogP contribution < -0.4 is 5.32 Å². The van der Waals surface area contributed by atoms with Gasteiger partial charge >= 0.3 is 5.97 Å². The van der Waals surface area contributed by atoms with Gasteiger partial charge < -0.3 is 30.3 Å². The van der Waals surface area contributed by atoms with Crippen molar-refractivity contribution in [3.05, 3.63) is 59.7 Å². The van der Waals surface area contributed by atoms with Gasteiger partial charge in [0.05, 0.1) is 0 Å². The number of aromatic hydroxyl groups is 2. The highest BCUT2D eigenvalue weighted by molar-refractivity contribution is 5.93. The van der Waals surface area contributed by atoms with E-state index < -0.39 is 35.9 Å². The molecular weight excluding hydrogens is 548 g/mol. The Hall–Kier alpha value is -3.59. The normalized spacial score (nSPS) is 27.8. The first-order valence-electron chi connectivity index (χ1n) is 15.4. The highest BCUT2D eigenvalue weighted by atomic mass is 16.5. The molecule has 43 heavy (non-hydrogen) atoms. The van der Waals surface area contributed by atoms with Crippen molar-refractivity contribution in [1.82, 2.24) is 10.2 Å². The number of esters is 1. The molecule has 4 unspecified atom stereocenters. The van der Waals surface area contributed by atoms with Gasteiger partial charge in [0.25, 0.3) is 0 Å². The quantitative estimate of drug-likeness (QED) is 0.255. The van der Waals surface area contributed by atoms with E-state index >= 15 is 0 Å². The molecule has 2 aliphatic carbocycles. The number of amides is 2. The summed E-state index contributed by atoms with van der Waals surface area (Å²) in [4.78, 5) is 42.6. The number of ether oxygens (including phenoxy) is 1. The van der Waals surface area contributed by atoms with Crippen LogP contribution in [0.25, 0.3) is 0 Å². The van der Waals surface area contributed by atoms with Gasteiger partial charge in [-0.2, -0.15) is 0 Å². The maximum atomic E-state index is 14.2.